The number of carboxylic acid groups (broad SMARTS) is 3. The molecule has 0 bridgehead atoms. The van der Waals surface area contributed by atoms with Gasteiger partial charge in [-0.1, -0.05) is 24.3 Å². The van der Waals surface area contributed by atoms with E-state index >= 15 is 0 Å². The highest BCUT2D eigenvalue weighted by Crippen LogP contribution is 2.21. The van der Waals surface area contributed by atoms with E-state index < -0.39 is 17.9 Å². The summed E-state index contributed by atoms with van der Waals surface area (Å²) in [5.41, 5.74) is 1.07. The number of aryl methyl sites for hydroxylation is 1. The molecule has 0 heterocycles. The normalized spacial score (nSPS) is 10.3. The molecule has 23 heavy (non-hydrogen) atoms. The Kier molecular flexibility index (Phi) is 4.45. The van der Waals surface area contributed by atoms with Gasteiger partial charge in [0.2, 0.25) is 0 Å². The van der Waals surface area contributed by atoms with Gasteiger partial charge in [0.1, 0.15) is 0 Å². The molecule has 6 nitrogen and oxygen atoms in total. The van der Waals surface area contributed by atoms with Crippen LogP contribution >= 0.6 is 0 Å². The molecule has 2 rings (SSSR count). The second-order valence-electron chi connectivity index (χ2n) is 5.08. The van der Waals surface area contributed by atoms with E-state index in [9.17, 15) is 19.5 Å². The first-order valence-electron chi connectivity index (χ1n) is 6.72. The van der Waals surface area contributed by atoms with Crippen molar-refractivity contribution in [2.75, 3.05) is 0 Å². The van der Waals surface area contributed by atoms with Gasteiger partial charge < -0.3 is 15.3 Å². The van der Waals surface area contributed by atoms with Gasteiger partial charge in [-0.2, -0.15) is 0 Å². The summed E-state index contributed by atoms with van der Waals surface area (Å²) in [6, 6.07) is 9.03. The molecule has 0 aliphatic heterocycles. The van der Waals surface area contributed by atoms with Crippen LogP contribution in [-0.4, -0.2) is 33.2 Å². The first-order chi connectivity index (χ1) is 10.8. The molecular formula is C17H14O6. The SMILES string of the molecule is Cc1ccc(Cc2cccc(C(=O)O)c2C(=O)O)cc1C(=O)O. The van der Waals surface area contributed by atoms with Crippen LogP contribution < -0.4 is 0 Å². The molecule has 2 aromatic rings. The smallest absolute Gasteiger partial charge is 0.336 e. The van der Waals surface area contributed by atoms with E-state index in [0.717, 1.165) is 0 Å². The van der Waals surface area contributed by atoms with E-state index in [1.165, 1.54) is 24.3 Å². The Morgan fingerprint density at radius 3 is 2.09 bits per heavy atom. The Balaban J connectivity index is 2.51. The topological polar surface area (TPSA) is 112 Å². The van der Waals surface area contributed by atoms with E-state index in [1.807, 2.05) is 0 Å². The number of benzene rings is 2. The third-order valence-corrected chi connectivity index (χ3v) is 3.52. The molecule has 0 unspecified atom stereocenters. The third-order valence-electron chi connectivity index (χ3n) is 3.52. The zero-order valence-electron chi connectivity index (χ0n) is 12.2. The summed E-state index contributed by atoms with van der Waals surface area (Å²) >= 11 is 0. The minimum atomic E-state index is -1.33. The van der Waals surface area contributed by atoms with Gasteiger partial charge >= 0.3 is 17.9 Å². The van der Waals surface area contributed by atoms with Gasteiger partial charge in [0.15, 0.2) is 0 Å². The van der Waals surface area contributed by atoms with Crippen LogP contribution in [0.3, 0.4) is 0 Å². The van der Waals surface area contributed by atoms with Crippen molar-refractivity contribution in [1.82, 2.24) is 0 Å². The maximum Gasteiger partial charge on any atom is 0.336 e. The van der Waals surface area contributed by atoms with Crippen molar-refractivity contribution < 1.29 is 29.7 Å². The summed E-state index contributed by atoms with van der Waals surface area (Å²) < 4.78 is 0. The van der Waals surface area contributed by atoms with Gasteiger partial charge in [-0.15, -0.1) is 0 Å². The molecule has 0 fully saturated rings. The zero-order chi connectivity index (χ0) is 17.1. The van der Waals surface area contributed by atoms with E-state index in [4.69, 9.17) is 10.2 Å². The molecule has 0 spiro atoms. The first-order valence-corrected chi connectivity index (χ1v) is 6.72. The fourth-order valence-electron chi connectivity index (χ4n) is 2.41. The molecule has 0 radical (unpaired) electrons. The van der Waals surface area contributed by atoms with Crippen LogP contribution in [0.2, 0.25) is 0 Å². The monoisotopic (exact) mass is 314 g/mol. The Morgan fingerprint density at radius 2 is 1.52 bits per heavy atom. The lowest BCUT2D eigenvalue weighted by molar-refractivity contribution is 0.0650. The predicted molar refractivity (Wildman–Crippen MR) is 81.3 cm³/mol. The third kappa shape index (κ3) is 3.37. The molecule has 0 saturated carbocycles. The Labute approximate surface area is 131 Å². The fourth-order valence-corrected chi connectivity index (χ4v) is 2.41. The van der Waals surface area contributed by atoms with Gasteiger partial charge in [0.05, 0.1) is 16.7 Å². The van der Waals surface area contributed by atoms with Crippen molar-refractivity contribution in [3.63, 3.8) is 0 Å². The zero-order valence-corrected chi connectivity index (χ0v) is 12.2. The number of carboxylic acids is 3. The molecule has 2 aromatic carbocycles. The summed E-state index contributed by atoms with van der Waals surface area (Å²) in [7, 11) is 0. The Morgan fingerprint density at radius 1 is 0.870 bits per heavy atom. The van der Waals surface area contributed by atoms with Crippen molar-refractivity contribution in [1.29, 1.82) is 0 Å². The Bertz CT molecular complexity index is 807. The van der Waals surface area contributed by atoms with Crippen LogP contribution in [0.15, 0.2) is 36.4 Å². The van der Waals surface area contributed by atoms with Crippen molar-refractivity contribution >= 4 is 17.9 Å². The highest BCUT2D eigenvalue weighted by molar-refractivity contribution is 6.02. The second kappa shape index (κ2) is 6.31. The summed E-state index contributed by atoms with van der Waals surface area (Å²) in [6.07, 6.45) is 0.128. The molecule has 118 valence electrons. The highest BCUT2D eigenvalue weighted by Gasteiger charge is 2.20. The van der Waals surface area contributed by atoms with Crippen molar-refractivity contribution in [2.24, 2.45) is 0 Å². The van der Waals surface area contributed by atoms with Crippen LogP contribution in [-0.2, 0) is 6.42 Å². The van der Waals surface area contributed by atoms with E-state index in [1.54, 1.807) is 19.1 Å². The standard InChI is InChI=1S/C17H14O6/c1-9-5-6-10(8-13(9)16(20)21)7-11-3-2-4-12(15(18)19)14(11)17(22)23/h2-6,8H,7H2,1H3,(H,18,19)(H,20,21)(H,22,23). The van der Waals surface area contributed by atoms with Gasteiger partial charge in [-0.25, -0.2) is 14.4 Å². The molecule has 3 N–H and O–H groups in total. The number of aromatic carboxylic acids is 3. The fraction of sp³-hybridized carbons (Fsp3) is 0.118. The van der Waals surface area contributed by atoms with Crippen LogP contribution in [0.4, 0.5) is 0 Å². The van der Waals surface area contributed by atoms with E-state index in [2.05, 4.69) is 0 Å². The molecule has 0 saturated heterocycles. The van der Waals surface area contributed by atoms with Crippen molar-refractivity contribution in [2.45, 2.75) is 13.3 Å². The van der Waals surface area contributed by atoms with Crippen LogP contribution in [0, 0.1) is 6.92 Å². The van der Waals surface area contributed by atoms with E-state index in [0.29, 0.717) is 16.7 Å². The lowest BCUT2D eigenvalue weighted by atomic mass is 9.94. The van der Waals surface area contributed by atoms with Gasteiger partial charge in [0, 0.05) is 0 Å². The number of hydrogen-bond donors (Lipinski definition) is 3. The molecule has 0 atom stereocenters. The average Bonchev–Trinajstić information content (AvgIpc) is 2.48. The number of rotatable bonds is 5. The lowest BCUT2D eigenvalue weighted by Crippen LogP contribution is -2.12. The quantitative estimate of drug-likeness (QED) is 0.782. The van der Waals surface area contributed by atoms with Gasteiger partial charge in [0.25, 0.3) is 0 Å². The maximum atomic E-state index is 11.4. The summed E-state index contributed by atoms with van der Waals surface area (Å²) in [5, 5.41) is 27.6. The minimum absolute atomic E-state index is 0.128. The van der Waals surface area contributed by atoms with Gasteiger partial charge in [-0.3, -0.25) is 0 Å². The molecule has 6 heteroatoms. The second-order valence-corrected chi connectivity index (χ2v) is 5.08. The van der Waals surface area contributed by atoms with Gasteiger partial charge in [-0.05, 0) is 42.2 Å². The predicted octanol–water partition coefficient (Wildman–Crippen LogP) is 2.68. The summed E-state index contributed by atoms with van der Waals surface area (Å²) in [4.78, 5) is 33.8. The molecular weight excluding hydrogens is 300 g/mol. The summed E-state index contributed by atoms with van der Waals surface area (Å²) in [5.74, 6) is -3.72. The lowest BCUT2D eigenvalue weighted by Gasteiger charge is -2.10. The molecule has 0 aliphatic carbocycles. The van der Waals surface area contributed by atoms with Crippen LogP contribution in [0.5, 0.6) is 0 Å². The number of hydrogen-bond acceptors (Lipinski definition) is 3. The summed E-state index contributed by atoms with van der Waals surface area (Å²) in [6.45, 7) is 1.67. The first kappa shape index (κ1) is 16.2. The Hall–Kier alpha value is -3.15. The molecule has 0 amide bonds. The largest absolute Gasteiger partial charge is 0.478 e. The minimum Gasteiger partial charge on any atom is -0.478 e. The van der Waals surface area contributed by atoms with E-state index in [-0.39, 0.29) is 23.1 Å². The molecule has 0 aromatic heterocycles. The average molecular weight is 314 g/mol. The number of carbonyl (C=O) groups is 3. The van der Waals surface area contributed by atoms with Crippen molar-refractivity contribution in [3.8, 4) is 0 Å². The van der Waals surface area contributed by atoms with Crippen LogP contribution in [0.25, 0.3) is 0 Å². The van der Waals surface area contributed by atoms with Crippen LogP contribution in [0.1, 0.15) is 47.8 Å². The maximum absolute atomic E-state index is 11.4. The van der Waals surface area contributed by atoms with Crippen molar-refractivity contribution in [3.05, 3.63) is 69.8 Å². The molecule has 0 aliphatic rings. The highest BCUT2D eigenvalue weighted by atomic mass is 16.4.